The third-order valence-electron chi connectivity index (χ3n) is 7.50. The summed E-state index contributed by atoms with van der Waals surface area (Å²) >= 11 is 6.41. The molecule has 6 nitrogen and oxygen atoms in total. The quantitative estimate of drug-likeness (QED) is 0.316. The molecule has 37 heavy (non-hydrogen) atoms. The van der Waals surface area contributed by atoms with E-state index >= 15 is 4.39 Å². The number of hydrogen-bond acceptors (Lipinski definition) is 6. The molecule has 4 N–H and O–H groups in total. The van der Waals surface area contributed by atoms with Gasteiger partial charge in [0, 0.05) is 25.0 Å². The molecule has 3 atom stereocenters. The van der Waals surface area contributed by atoms with Gasteiger partial charge in [-0.3, -0.25) is 0 Å². The van der Waals surface area contributed by atoms with Gasteiger partial charge in [0.15, 0.2) is 9.84 Å². The van der Waals surface area contributed by atoms with E-state index in [1.165, 1.54) is 29.5 Å². The molecule has 1 aliphatic carbocycles. The van der Waals surface area contributed by atoms with Crippen molar-refractivity contribution in [2.24, 2.45) is 17.7 Å². The van der Waals surface area contributed by atoms with Gasteiger partial charge in [-0.05, 0) is 53.0 Å². The zero-order chi connectivity index (χ0) is 27.0. The molecule has 0 amide bonds. The first-order valence-electron chi connectivity index (χ1n) is 13.0. The average molecular weight is 552 g/mol. The van der Waals surface area contributed by atoms with Gasteiger partial charge in [-0.1, -0.05) is 69.5 Å². The van der Waals surface area contributed by atoms with Crippen molar-refractivity contribution >= 4 is 27.1 Å². The van der Waals surface area contributed by atoms with Crippen molar-refractivity contribution in [3.63, 3.8) is 0 Å². The number of hydrogen-bond donors (Lipinski definition) is 3. The predicted octanol–water partition coefficient (Wildman–Crippen LogP) is 4.36. The largest absolute Gasteiger partial charge is 0.391 e. The topological polar surface area (TPSA) is 95.7 Å². The van der Waals surface area contributed by atoms with Crippen molar-refractivity contribution in [2.45, 2.75) is 70.6 Å². The third-order valence-corrected chi connectivity index (χ3v) is 9.59. The van der Waals surface area contributed by atoms with Crippen LogP contribution in [0.15, 0.2) is 36.4 Å². The van der Waals surface area contributed by atoms with E-state index in [0.717, 1.165) is 12.0 Å². The number of nitrogens with zero attached hydrogens (tertiary/aromatic N) is 1. The summed E-state index contributed by atoms with van der Waals surface area (Å²) in [6.45, 7) is 7.38. The monoisotopic (exact) mass is 551 g/mol. The van der Waals surface area contributed by atoms with Crippen LogP contribution in [0.25, 0.3) is 0 Å². The molecule has 1 saturated carbocycles. The highest BCUT2D eigenvalue weighted by atomic mass is 35.5. The van der Waals surface area contributed by atoms with E-state index in [9.17, 15) is 13.5 Å². The number of benzene rings is 2. The molecular formula is C28H39ClFN3O3S. The van der Waals surface area contributed by atoms with Crippen molar-refractivity contribution in [1.29, 1.82) is 0 Å². The number of halogens is 2. The molecule has 0 bridgehead atoms. The number of nitrogens with one attached hydrogen (secondary N) is 1. The van der Waals surface area contributed by atoms with Gasteiger partial charge in [0.1, 0.15) is 11.5 Å². The maximum absolute atomic E-state index is 15.0. The molecule has 204 valence electrons. The second-order valence-corrected chi connectivity index (χ2v) is 14.4. The van der Waals surface area contributed by atoms with Gasteiger partial charge in [0.25, 0.3) is 0 Å². The first kappa shape index (κ1) is 28.3. The summed E-state index contributed by atoms with van der Waals surface area (Å²) < 4.78 is 40.5. The summed E-state index contributed by atoms with van der Waals surface area (Å²) in [5.41, 5.74) is 2.91. The molecule has 1 saturated heterocycles. The molecule has 0 radical (unpaired) electrons. The Morgan fingerprint density at radius 1 is 1.16 bits per heavy atom. The predicted molar refractivity (Wildman–Crippen MR) is 148 cm³/mol. The fourth-order valence-corrected chi connectivity index (χ4v) is 7.41. The molecule has 0 unspecified atom stereocenters. The van der Waals surface area contributed by atoms with Crippen molar-refractivity contribution in [1.82, 2.24) is 5.32 Å². The average Bonchev–Trinajstić information content (AvgIpc) is 3.62. The van der Waals surface area contributed by atoms with Crippen LogP contribution in [-0.2, 0) is 28.2 Å². The summed E-state index contributed by atoms with van der Waals surface area (Å²) in [7, 11) is -3.40. The van der Waals surface area contributed by atoms with Crippen LogP contribution in [0.3, 0.4) is 0 Å². The van der Waals surface area contributed by atoms with E-state index in [0.29, 0.717) is 24.6 Å². The number of aliphatic hydroxyl groups excluding tert-OH is 1. The maximum atomic E-state index is 15.0. The van der Waals surface area contributed by atoms with Gasteiger partial charge in [-0.2, -0.15) is 0 Å². The van der Waals surface area contributed by atoms with E-state index in [1.54, 1.807) is 6.07 Å². The summed E-state index contributed by atoms with van der Waals surface area (Å²) in [5, 5.41) is 15.9. The minimum absolute atomic E-state index is 0.000949. The zero-order valence-electron chi connectivity index (χ0n) is 21.9. The second kappa shape index (κ2) is 11.2. The Kier molecular flexibility index (Phi) is 8.56. The number of hydrazine groups is 1. The minimum atomic E-state index is -3.40. The number of anilines is 1. The molecule has 1 heterocycles. The lowest BCUT2D eigenvalue weighted by atomic mass is 9.86. The van der Waals surface area contributed by atoms with Crippen LogP contribution >= 0.6 is 11.6 Å². The molecule has 2 aromatic carbocycles. The van der Waals surface area contributed by atoms with E-state index in [2.05, 4.69) is 38.2 Å². The second-order valence-electron chi connectivity index (χ2n) is 11.8. The van der Waals surface area contributed by atoms with Crippen LogP contribution in [0.2, 0.25) is 5.02 Å². The zero-order valence-corrected chi connectivity index (χ0v) is 23.5. The van der Waals surface area contributed by atoms with Gasteiger partial charge in [-0.25, -0.2) is 18.7 Å². The molecule has 9 heteroatoms. The van der Waals surface area contributed by atoms with E-state index < -0.39 is 33.7 Å². The summed E-state index contributed by atoms with van der Waals surface area (Å²) in [6, 6.07) is 10.5. The van der Waals surface area contributed by atoms with E-state index in [-0.39, 0.29) is 34.1 Å². The highest BCUT2D eigenvalue weighted by Crippen LogP contribution is 2.35. The number of rotatable bonds is 9. The van der Waals surface area contributed by atoms with Gasteiger partial charge in [0.2, 0.25) is 0 Å². The Balaban J connectivity index is 1.44. The Hall–Kier alpha value is -1.71. The summed E-state index contributed by atoms with van der Waals surface area (Å²) in [6.07, 6.45) is 2.57. The summed E-state index contributed by atoms with van der Waals surface area (Å²) in [5.74, 6) is 5.32. The molecule has 4 rings (SSSR count). The van der Waals surface area contributed by atoms with Crippen molar-refractivity contribution in [3.05, 3.63) is 63.9 Å². The van der Waals surface area contributed by atoms with Gasteiger partial charge < -0.3 is 15.4 Å². The van der Waals surface area contributed by atoms with Crippen molar-refractivity contribution in [3.8, 4) is 0 Å². The first-order valence-corrected chi connectivity index (χ1v) is 15.2. The fourth-order valence-electron chi connectivity index (χ4n) is 5.10. The van der Waals surface area contributed by atoms with Crippen LogP contribution in [0.5, 0.6) is 0 Å². The Morgan fingerprint density at radius 3 is 2.54 bits per heavy atom. The SMILES string of the molecule is CC(C)(C)c1cccc(CN[C@H]2CS(=O)(=O)C[C@@H](Cc3cc(F)c(N(N)CCC4CC4)c(Cl)c3)[C@@H]2O)c1. The summed E-state index contributed by atoms with van der Waals surface area (Å²) in [4.78, 5) is 0. The van der Waals surface area contributed by atoms with Crippen LogP contribution in [0.1, 0.15) is 56.7 Å². The lowest BCUT2D eigenvalue weighted by Gasteiger charge is -2.35. The Labute approximate surface area is 225 Å². The van der Waals surface area contributed by atoms with Gasteiger partial charge in [0.05, 0.1) is 22.6 Å². The molecule has 2 aliphatic rings. The lowest BCUT2D eigenvalue weighted by Crippen LogP contribution is -2.54. The van der Waals surface area contributed by atoms with E-state index in [4.69, 9.17) is 17.4 Å². The smallest absolute Gasteiger partial charge is 0.152 e. The lowest BCUT2D eigenvalue weighted by molar-refractivity contribution is 0.0781. The number of sulfone groups is 1. The molecule has 2 aromatic rings. The number of nitrogens with two attached hydrogens (primary N) is 1. The molecular weight excluding hydrogens is 513 g/mol. The Morgan fingerprint density at radius 2 is 1.89 bits per heavy atom. The fraction of sp³-hybridized carbons (Fsp3) is 0.571. The standard InChI is InChI=1S/C28H39ClFN3O3S/c1-28(2,3)22-6-4-5-19(12-22)15-32-25-17-37(35,36)16-21(27(25)34)11-20-13-23(29)26(24(30)14-20)33(31)10-9-18-7-8-18/h4-6,12-14,18,21,25,27,32,34H,7-11,15-17,31H2,1-3H3/t21-,25+,27+/m1/s1. The normalized spacial score (nSPS) is 23.7. The highest BCUT2D eigenvalue weighted by Gasteiger charge is 2.39. The van der Waals surface area contributed by atoms with E-state index in [1.807, 2.05) is 12.1 Å². The van der Waals surface area contributed by atoms with Crippen LogP contribution in [0, 0.1) is 17.7 Å². The minimum Gasteiger partial charge on any atom is -0.391 e. The third kappa shape index (κ3) is 7.45. The maximum Gasteiger partial charge on any atom is 0.152 e. The highest BCUT2D eigenvalue weighted by molar-refractivity contribution is 7.91. The van der Waals surface area contributed by atoms with Crippen LogP contribution < -0.4 is 16.2 Å². The van der Waals surface area contributed by atoms with Crippen molar-refractivity contribution < 1.29 is 17.9 Å². The van der Waals surface area contributed by atoms with Crippen molar-refractivity contribution in [2.75, 3.05) is 23.1 Å². The first-order chi connectivity index (χ1) is 17.3. The van der Waals surface area contributed by atoms with Crippen LogP contribution in [-0.4, -0.2) is 43.7 Å². The molecule has 0 spiro atoms. The molecule has 0 aromatic heterocycles. The number of aliphatic hydroxyl groups is 1. The van der Waals surface area contributed by atoms with Crippen LogP contribution in [0.4, 0.5) is 10.1 Å². The molecule has 2 fully saturated rings. The Bertz CT molecular complexity index is 1190. The molecule has 1 aliphatic heterocycles. The van der Waals surface area contributed by atoms with Gasteiger partial charge in [-0.15, -0.1) is 0 Å². The van der Waals surface area contributed by atoms with Gasteiger partial charge >= 0.3 is 0 Å².